The van der Waals surface area contributed by atoms with Crippen molar-refractivity contribution < 1.29 is 4.79 Å². The van der Waals surface area contributed by atoms with Crippen molar-refractivity contribution in [1.29, 1.82) is 0 Å². The number of nitrogens with one attached hydrogen (secondary N) is 1. The molecule has 0 aliphatic heterocycles. The first-order valence-electron chi connectivity index (χ1n) is 9.74. The first-order chi connectivity index (χ1) is 14.0. The van der Waals surface area contributed by atoms with E-state index in [0.717, 1.165) is 31.5 Å². The van der Waals surface area contributed by atoms with E-state index in [0.29, 0.717) is 23.0 Å². The first-order valence-corrected chi connectivity index (χ1v) is 10.1. The summed E-state index contributed by atoms with van der Waals surface area (Å²) < 4.78 is 4.73. The van der Waals surface area contributed by atoms with Crippen LogP contribution in [0.4, 0.5) is 0 Å². The van der Waals surface area contributed by atoms with Crippen molar-refractivity contribution >= 4 is 17.5 Å². The van der Waals surface area contributed by atoms with E-state index in [1.54, 1.807) is 10.6 Å². The Bertz CT molecular complexity index is 1080. The highest BCUT2D eigenvalue weighted by Crippen LogP contribution is 2.37. The summed E-state index contributed by atoms with van der Waals surface area (Å²) in [7, 11) is 0. The fourth-order valence-electron chi connectivity index (χ4n) is 3.26. The molecule has 4 rings (SSSR count). The Kier molecular flexibility index (Phi) is 5.53. The van der Waals surface area contributed by atoms with Crippen molar-refractivity contribution in [3.05, 3.63) is 57.7 Å². The molecule has 0 unspecified atom stereocenters. The molecule has 2 aromatic heterocycles. The van der Waals surface area contributed by atoms with Gasteiger partial charge in [-0.1, -0.05) is 23.7 Å². The number of aryl methyl sites for hydroxylation is 2. The van der Waals surface area contributed by atoms with Crippen LogP contribution in [0.1, 0.15) is 31.0 Å². The van der Waals surface area contributed by atoms with Crippen LogP contribution in [0.2, 0.25) is 5.02 Å². The van der Waals surface area contributed by atoms with E-state index in [1.807, 2.05) is 42.1 Å². The molecule has 1 N–H and O–H groups in total. The van der Waals surface area contributed by atoms with Crippen LogP contribution in [0.5, 0.6) is 0 Å². The van der Waals surface area contributed by atoms with E-state index >= 15 is 0 Å². The lowest BCUT2D eigenvalue weighted by atomic mass is 10.2. The molecular formula is C20H23ClN6O2. The average molecular weight is 415 g/mol. The standard InChI is InChI=1S/C20H23ClN6O2/c1-14-9-12-25(23-14)11-4-10-22-18(28)13-26-20(29)27(15-7-8-15)19(24-26)16-5-2-3-6-17(16)21/h2-3,5-6,9,12,15H,4,7-8,10-11,13H2,1H3,(H,22,28). The number of hydrogen-bond acceptors (Lipinski definition) is 4. The fraction of sp³-hybridized carbons (Fsp3) is 0.400. The monoisotopic (exact) mass is 414 g/mol. The van der Waals surface area contributed by atoms with E-state index in [1.165, 1.54) is 4.68 Å². The van der Waals surface area contributed by atoms with Gasteiger partial charge in [0.1, 0.15) is 6.54 Å². The van der Waals surface area contributed by atoms with Gasteiger partial charge < -0.3 is 5.32 Å². The Morgan fingerprint density at radius 2 is 2.03 bits per heavy atom. The molecular weight excluding hydrogens is 392 g/mol. The first kappa shape index (κ1) is 19.4. The predicted molar refractivity (Wildman–Crippen MR) is 110 cm³/mol. The molecule has 1 aliphatic rings. The van der Waals surface area contributed by atoms with Gasteiger partial charge in [-0.25, -0.2) is 9.48 Å². The Morgan fingerprint density at radius 1 is 1.24 bits per heavy atom. The third-order valence-electron chi connectivity index (χ3n) is 4.85. The number of rotatable bonds is 8. The highest BCUT2D eigenvalue weighted by Gasteiger charge is 2.31. The molecule has 9 heteroatoms. The maximum atomic E-state index is 12.8. The molecule has 0 spiro atoms. The summed E-state index contributed by atoms with van der Waals surface area (Å²) >= 11 is 6.31. The zero-order valence-electron chi connectivity index (χ0n) is 16.2. The molecule has 1 saturated carbocycles. The lowest BCUT2D eigenvalue weighted by Crippen LogP contribution is -2.34. The summed E-state index contributed by atoms with van der Waals surface area (Å²) in [6.07, 6.45) is 4.53. The minimum absolute atomic E-state index is 0.114. The van der Waals surface area contributed by atoms with Crippen molar-refractivity contribution in [1.82, 2.24) is 29.4 Å². The van der Waals surface area contributed by atoms with E-state index in [4.69, 9.17) is 11.6 Å². The molecule has 0 bridgehead atoms. The molecule has 152 valence electrons. The molecule has 8 nitrogen and oxygen atoms in total. The van der Waals surface area contributed by atoms with Gasteiger partial charge in [0.15, 0.2) is 5.82 Å². The van der Waals surface area contributed by atoms with Crippen LogP contribution in [0.15, 0.2) is 41.3 Å². The molecule has 0 atom stereocenters. The molecule has 1 aromatic carbocycles. The van der Waals surface area contributed by atoms with Gasteiger partial charge in [-0.05, 0) is 44.4 Å². The minimum atomic E-state index is -0.274. The fourth-order valence-corrected chi connectivity index (χ4v) is 3.48. The normalized spacial score (nSPS) is 13.6. The van der Waals surface area contributed by atoms with Crippen LogP contribution >= 0.6 is 11.6 Å². The number of nitrogens with zero attached hydrogens (tertiary/aromatic N) is 5. The number of aromatic nitrogens is 5. The number of halogens is 1. The van der Waals surface area contributed by atoms with Crippen LogP contribution in [-0.4, -0.2) is 36.6 Å². The van der Waals surface area contributed by atoms with Gasteiger partial charge in [0.2, 0.25) is 5.91 Å². The Hall–Kier alpha value is -2.87. The SMILES string of the molecule is Cc1ccn(CCCNC(=O)Cn2nc(-c3ccccc3Cl)n(C3CC3)c2=O)n1. The zero-order chi connectivity index (χ0) is 20.4. The summed E-state index contributed by atoms with van der Waals surface area (Å²) in [4.78, 5) is 25.2. The summed E-state index contributed by atoms with van der Waals surface area (Å²) in [5.74, 6) is 0.278. The summed E-state index contributed by atoms with van der Waals surface area (Å²) in [5.41, 5.74) is 1.39. The van der Waals surface area contributed by atoms with Gasteiger partial charge in [-0.15, -0.1) is 5.10 Å². The Labute approximate surface area is 173 Å². The molecule has 0 saturated heterocycles. The third kappa shape index (κ3) is 4.42. The summed E-state index contributed by atoms with van der Waals surface area (Å²) in [6, 6.07) is 9.37. The van der Waals surface area contributed by atoms with Crippen molar-refractivity contribution in [3.63, 3.8) is 0 Å². The van der Waals surface area contributed by atoms with Crippen molar-refractivity contribution in [3.8, 4) is 11.4 Å². The maximum Gasteiger partial charge on any atom is 0.346 e. The summed E-state index contributed by atoms with van der Waals surface area (Å²) in [6.45, 7) is 3.05. The largest absolute Gasteiger partial charge is 0.354 e. The number of carbonyl (C=O) groups excluding carboxylic acids is 1. The van der Waals surface area contributed by atoms with Gasteiger partial charge in [0.05, 0.1) is 10.7 Å². The van der Waals surface area contributed by atoms with Crippen molar-refractivity contribution in [2.24, 2.45) is 0 Å². The smallest absolute Gasteiger partial charge is 0.346 e. The number of hydrogen-bond donors (Lipinski definition) is 1. The lowest BCUT2D eigenvalue weighted by Gasteiger charge is -2.05. The second kappa shape index (κ2) is 8.24. The van der Waals surface area contributed by atoms with E-state index < -0.39 is 0 Å². The highest BCUT2D eigenvalue weighted by atomic mass is 35.5. The summed E-state index contributed by atoms with van der Waals surface area (Å²) in [5, 5.41) is 12.1. The van der Waals surface area contributed by atoms with Gasteiger partial charge in [-0.2, -0.15) is 5.10 Å². The average Bonchev–Trinajstić information content (AvgIpc) is 3.37. The second-order valence-electron chi connectivity index (χ2n) is 7.27. The Balaban J connectivity index is 1.42. The van der Waals surface area contributed by atoms with Crippen LogP contribution in [0.25, 0.3) is 11.4 Å². The maximum absolute atomic E-state index is 12.8. The molecule has 29 heavy (non-hydrogen) atoms. The molecule has 2 heterocycles. The number of amides is 1. The molecule has 1 aliphatic carbocycles. The second-order valence-corrected chi connectivity index (χ2v) is 7.68. The Morgan fingerprint density at radius 3 is 2.72 bits per heavy atom. The van der Waals surface area contributed by atoms with Crippen molar-refractivity contribution in [2.45, 2.75) is 45.3 Å². The van der Waals surface area contributed by atoms with Crippen LogP contribution < -0.4 is 11.0 Å². The zero-order valence-corrected chi connectivity index (χ0v) is 17.0. The lowest BCUT2D eigenvalue weighted by molar-refractivity contribution is -0.121. The van der Waals surface area contributed by atoms with E-state index in [9.17, 15) is 9.59 Å². The van der Waals surface area contributed by atoms with E-state index in [2.05, 4.69) is 15.5 Å². The molecule has 1 amide bonds. The van der Waals surface area contributed by atoms with Gasteiger partial charge in [-0.3, -0.25) is 14.0 Å². The van der Waals surface area contributed by atoms with Gasteiger partial charge >= 0.3 is 5.69 Å². The van der Waals surface area contributed by atoms with Gasteiger partial charge in [0, 0.05) is 30.9 Å². The van der Waals surface area contributed by atoms with Gasteiger partial charge in [0.25, 0.3) is 0 Å². The quantitative estimate of drug-likeness (QED) is 0.573. The van der Waals surface area contributed by atoms with Crippen molar-refractivity contribution in [2.75, 3.05) is 6.54 Å². The minimum Gasteiger partial charge on any atom is -0.354 e. The molecule has 1 fully saturated rings. The van der Waals surface area contributed by atoms with E-state index in [-0.39, 0.29) is 24.2 Å². The number of benzene rings is 1. The molecule has 0 radical (unpaired) electrons. The highest BCUT2D eigenvalue weighted by molar-refractivity contribution is 6.33. The topological polar surface area (TPSA) is 86.7 Å². The third-order valence-corrected chi connectivity index (χ3v) is 5.18. The van der Waals surface area contributed by atoms with Crippen LogP contribution in [0.3, 0.4) is 0 Å². The number of carbonyl (C=O) groups is 1. The van der Waals surface area contributed by atoms with Crippen LogP contribution in [0, 0.1) is 6.92 Å². The predicted octanol–water partition coefficient (Wildman–Crippen LogP) is 2.41. The molecule has 3 aromatic rings. The van der Waals surface area contributed by atoms with Crippen LogP contribution in [-0.2, 0) is 17.9 Å².